The first-order valence-electron chi connectivity index (χ1n) is 13.3. The van der Waals surface area contributed by atoms with E-state index in [1.54, 1.807) is 36.5 Å². The molecule has 12 nitrogen and oxygen atoms in total. The van der Waals surface area contributed by atoms with Crippen LogP contribution in [0, 0.1) is 0 Å². The average molecular weight is 598 g/mol. The number of nitrogens with one attached hydrogen (secondary N) is 4. The molecule has 0 fully saturated rings. The van der Waals surface area contributed by atoms with Crippen molar-refractivity contribution in [3.63, 3.8) is 0 Å². The normalized spacial score (nSPS) is 13.9. The van der Waals surface area contributed by atoms with Gasteiger partial charge in [-0.05, 0) is 35.6 Å². The second-order valence-electron chi connectivity index (χ2n) is 9.76. The lowest BCUT2D eigenvalue weighted by Gasteiger charge is -2.24. The number of H-pyrrole nitrogens is 1. The minimum absolute atomic E-state index is 0.0179. The fourth-order valence-electron chi connectivity index (χ4n) is 4.36. The zero-order chi connectivity index (χ0) is 30.6. The fourth-order valence-corrected chi connectivity index (χ4v) is 4.85. The first kappa shape index (κ1) is 32.2. The third-order valence-corrected chi connectivity index (χ3v) is 7.25. The summed E-state index contributed by atoms with van der Waals surface area (Å²) in [5.74, 6) is -4.46. The number of amides is 3. The van der Waals surface area contributed by atoms with Crippen LogP contribution in [-0.4, -0.2) is 81.0 Å². The fraction of sp³-hybridized carbons (Fsp3) is 0.345. The van der Waals surface area contributed by atoms with Crippen molar-refractivity contribution < 1.29 is 34.2 Å². The van der Waals surface area contributed by atoms with Crippen LogP contribution in [0.5, 0.6) is 0 Å². The highest BCUT2D eigenvalue weighted by Crippen LogP contribution is 2.19. The number of aliphatic carboxylic acids is 2. The largest absolute Gasteiger partial charge is 0.481 e. The van der Waals surface area contributed by atoms with Crippen LogP contribution in [0.1, 0.15) is 24.0 Å². The van der Waals surface area contributed by atoms with Crippen LogP contribution in [0.3, 0.4) is 0 Å². The molecule has 0 aliphatic rings. The molecule has 0 saturated heterocycles. The highest BCUT2D eigenvalue weighted by molar-refractivity contribution is 7.98. The Kier molecular flexibility index (Phi) is 11.9. The minimum Gasteiger partial charge on any atom is -0.481 e. The van der Waals surface area contributed by atoms with E-state index >= 15 is 0 Å². The smallest absolute Gasteiger partial charge is 0.326 e. The SMILES string of the molecule is CSCCC(N)C(=O)NC(Cc1c[nH]c2ccccc12)C(=O)NC(CC(=O)O)C(=O)NC(Cc1ccccc1)C(=O)O. The number of carbonyl (C=O) groups is 5. The summed E-state index contributed by atoms with van der Waals surface area (Å²) in [6.07, 6.45) is 3.10. The molecule has 3 aromatic rings. The maximum absolute atomic E-state index is 13.5. The number of hydrogen-bond donors (Lipinski definition) is 7. The number of benzene rings is 2. The van der Waals surface area contributed by atoms with Gasteiger partial charge in [0.15, 0.2) is 0 Å². The third-order valence-electron chi connectivity index (χ3n) is 6.61. The Morgan fingerprint density at radius 2 is 1.45 bits per heavy atom. The molecule has 0 bridgehead atoms. The third kappa shape index (κ3) is 9.35. The average Bonchev–Trinajstić information content (AvgIpc) is 3.37. The molecule has 4 atom stereocenters. The molecule has 3 amide bonds. The summed E-state index contributed by atoms with van der Waals surface area (Å²) in [5.41, 5.74) is 8.18. The number of rotatable bonds is 16. The highest BCUT2D eigenvalue weighted by atomic mass is 32.2. The van der Waals surface area contributed by atoms with Crippen LogP contribution in [0.4, 0.5) is 0 Å². The van der Waals surface area contributed by atoms with E-state index in [9.17, 15) is 34.2 Å². The van der Waals surface area contributed by atoms with Crippen LogP contribution in [0.25, 0.3) is 10.9 Å². The molecule has 2 aromatic carbocycles. The van der Waals surface area contributed by atoms with Gasteiger partial charge in [-0.1, -0.05) is 48.5 Å². The Labute approximate surface area is 246 Å². The van der Waals surface area contributed by atoms with E-state index in [1.165, 1.54) is 11.8 Å². The lowest BCUT2D eigenvalue weighted by atomic mass is 10.0. The standard InChI is InChI=1S/C29H35N5O7S/c1-42-12-11-20(30)26(37)32-22(14-18-16-31-21-10-6-5-9-19(18)21)27(38)33-23(15-25(35)36)28(39)34-24(29(40)41)13-17-7-3-2-4-8-17/h2-10,16,20,22-24,31H,11-15,30H2,1H3,(H,32,37)(H,33,38)(H,34,39)(H,35,36)(H,40,41). The molecule has 13 heteroatoms. The molecule has 4 unspecified atom stereocenters. The van der Waals surface area contributed by atoms with Crippen molar-refractivity contribution in [1.82, 2.24) is 20.9 Å². The van der Waals surface area contributed by atoms with E-state index in [-0.39, 0.29) is 12.8 Å². The second-order valence-corrected chi connectivity index (χ2v) is 10.7. The molecule has 8 N–H and O–H groups in total. The molecular formula is C29H35N5O7S. The summed E-state index contributed by atoms with van der Waals surface area (Å²) in [4.78, 5) is 66.1. The van der Waals surface area contributed by atoms with Gasteiger partial charge in [0.1, 0.15) is 18.1 Å². The van der Waals surface area contributed by atoms with Crippen molar-refractivity contribution in [3.05, 3.63) is 71.9 Å². The molecule has 0 radical (unpaired) electrons. The Morgan fingerprint density at radius 1 is 0.833 bits per heavy atom. The summed E-state index contributed by atoms with van der Waals surface area (Å²) in [7, 11) is 0. The predicted octanol–water partition coefficient (Wildman–Crippen LogP) is 1.05. The minimum atomic E-state index is -1.61. The number of para-hydroxylation sites is 1. The molecule has 224 valence electrons. The molecule has 1 aromatic heterocycles. The topological polar surface area (TPSA) is 204 Å². The van der Waals surface area contributed by atoms with Gasteiger partial charge in [0.2, 0.25) is 17.7 Å². The molecule has 0 aliphatic carbocycles. The highest BCUT2D eigenvalue weighted by Gasteiger charge is 2.32. The first-order valence-corrected chi connectivity index (χ1v) is 14.7. The quantitative estimate of drug-likeness (QED) is 0.126. The summed E-state index contributed by atoms with van der Waals surface area (Å²) in [6, 6.07) is 10.9. The van der Waals surface area contributed by atoms with E-state index in [2.05, 4.69) is 20.9 Å². The number of thioether (sulfide) groups is 1. The lowest BCUT2D eigenvalue weighted by Crippen LogP contribution is -2.58. The van der Waals surface area contributed by atoms with E-state index < -0.39 is 60.2 Å². The summed E-state index contributed by atoms with van der Waals surface area (Å²) in [5, 5.41) is 27.3. The van der Waals surface area contributed by atoms with E-state index in [0.29, 0.717) is 23.3 Å². The van der Waals surface area contributed by atoms with Crippen molar-refractivity contribution in [2.24, 2.45) is 5.73 Å². The number of aromatic nitrogens is 1. The van der Waals surface area contributed by atoms with Gasteiger partial charge in [0, 0.05) is 29.9 Å². The number of carboxylic acid groups (broad SMARTS) is 2. The Hall–Kier alpha value is -4.36. The molecule has 3 rings (SSSR count). The lowest BCUT2D eigenvalue weighted by molar-refractivity contribution is -0.143. The number of nitrogens with two attached hydrogens (primary N) is 1. The maximum Gasteiger partial charge on any atom is 0.326 e. The van der Waals surface area contributed by atoms with Gasteiger partial charge >= 0.3 is 11.9 Å². The van der Waals surface area contributed by atoms with Gasteiger partial charge in [-0.2, -0.15) is 11.8 Å². The molecule has 1 heterocycles. The van der Waals surface area contributed by atoms with Crippen molar-refractivity contribution in [2.45, 2.75) is 49.9 Å². The summed E-state index contributed by atoms with van der Waals surface area (Å²) in [6.45, 7) is 0. The Bertz CT molecular complexity index is 1400. The van der Waals surface area contributed by atoms with Gasteiger partial charge in [-0.25, -0.2) is 4.79 Å². The molecule has 42 heavy (non-hydrogen) atoms. The van der Waals surface area contributed by atoms with Gasteiger partial charge in [0.05, 0.1) is 12.5 Å². The predicted molar refractivity (Wildman–Crippen MR) is 159 cm³/mol. The molecule has 0 saturated carbocycles. The van der Waals surface area contributed by atoms with Crippen LogP contribution in [0.15, 0.2) is 60.8 Å². The number of fused-ring (bicyclic) bond motifs is 1. The van der Waals surface area contributed by atoms with Gasteiger partial charge < -0.3 is 36.9 Å². The van der Waals surface area contributed by atoms with Crippen molar-refractivity contribution in [1.29, 1.82) is 0 Å². The summed E-state index contributed by atoms with van der Waals surface area (Å²) < 4.78 is 0. The van der Waals surface area contributed by atoms with Crippen LogP contribution >= 0.6 is 11.8 Å². The van der Waals surface area contributed by atoms with E-state index in [0.717, 1.165) is 10.9 Å². The van der Waals surface area contributed by atoms with Crippen molar-refractivity contribution in [3.8, 4) is 0 Å². The summed E-state index contributed by atoms with van der Waals surface area (Å²) >= 11 is 1.52. The van der Waals surface area contributed by atoms with Gasteiger partial charge in [-0.15, -0.1) is 0 Å². The Morgan fingerprint density at radius 3 is 2.12 bits per heavy atom. The van der Waals surface area contributed by atoms with Crippen molar-refractivity contribution >= 4 is 52.3 Å². The number of carboxylic acids is 2. The van der Waals surface area contributed by atoms with Crippen molar-refractivity contribution in [2.75, 3.05) is 12.0 Å². The zero-order valence-corrected chi connectivity index (χ0v) is 23.9. The van der Waals surface area contributed by atoms with Crippen LogP contribution in [-0.2, 0) is 36.8 Å². The number of aromatic amines is 1. The maximum atomic E-state index is 13.5. The second kappa shape index (κ2) is 15.6. The number of carbonyl (C=O) groups excluding carboxylic acids is 3. The zero-order valence-electron chi connectivity index (χ0n) is 23.0. The molecule has 0 spiro atoms. The molecular weight excluding hydrogens is 562 g/mol. The molecule has 0 aliphatic heterocycles. The van der Waals surface area contributed by atoms with E-state index in [1.807, 2.05) is 30.5 Å². The monoisotopic (exact) mass is 597 g/mol. The van der Waals surface area contributed by atoms with E-state index in [4.69, 9.17) is 5.73 Å². The number of hydrogen-bond acceptors (Lipinski definition) is 7. The van der Waals surface area contributed by atoms with Crippen LogP contribution in [0.2, 0.25) is 0 Å². The van der Waals surface area contributed by atoms with Gasteiger partial charge in [0.25, 0.3) is 0 Å². The van der Waals surface area contributed by atoms with Gasteiger partial charge in [-0.3, -0.25) is 19.2 Å². The first-order chi connectivity index (χ1) is 20.1. The van der Waals surface area contributed by atoms with Crippen LogP contribution < -0.4 is 21.7 Å². The Balaban J connectivity index is 1.81.